The van der Waals surface area contributed by atoms with Gasteiger partial charge in [0.25, 0.3) is 0 Å². The number of methoxy groups -OCH3 is 1. The summed E-state index contributed by atoms with van der Waals surface area (Å²) in [5.74, 6) is 1.56. The molecule has 0 bridgehead atoms. The summed E-state index contributed by atoms with van der Waals surface area (Å²) in [4.78, 5) is 4.93. The van der Waals surface area contributed by atoms with E-state index in [1.54, 1.807) is 7.11 Å². The average molecular weight is 318 g/mol. The molecule has 2 aromatic carbocycles. The highest BCUT2D eigenvalue weighted by molar-refractivity contribution is 6.18. The summed E-state index contributed by atoms with van der Waals surface area (Å²) in [7, 11) is 1.68. The summed E-state index contributed by atoms with van der Waals surface area (Å²) in [6.07, 6.45) is 0. The van der Waals surface area contributed by atoms with E-state index >= 15 is 0 Å². The molecule has 2 N–H and O–H groups in total. The van der Waals surface area contributed by atoms with E-state index in [1.807, 2.05) is 38.1 Å². The number of nitrogens with one attached hydrogen (secondary N) is 2. The fourth-order valence-electron chi connectivity index (χ4n) is 2.97. The molecular weight excluding hydrogens is 300 g/mol. The molecule has 1 aliphatic rings. The Morgan fingerprint density at radius 3 is 2.58 bits per heavy atom. The molecule has 1 aromatic heterocycles. The van der Waals surface area contributed by atoms with Crippen molar-refractivity contribution in [2.75, 3.05) is 12.4 Å². The highest BCUT2D eigenvalue weighted by atomic mass is 16.5. The van der Waals surface area contributed by atoms with E-state index in [-0.39, 0.29) is 0 Å². The maximum atomic E-state index is 5.48. The first-order chi connectivity index (χ1) is 11.7. The van der Waals surface area contributed by atoms with Gasteiger partial charge in [0, 0.05) is 17.2 Å². The van der Waals surface area contributed by atoms with Gasteiger partial charge in [0.1, 0.15) is 11.4 Å². The third kappa shape index (κ3) is 2.25. The van der Waals surface area contributed by atoms with Gasteiger partial charge in [0.05, 0.1) is 24.2 Å². The molecule has 4 rings (SSSR count). The fraction of sp³-hybridized carbons (Fsp3) is 0.158. The average Bonchev–Trinajstić information content (AvgIpc) is 2.85. The quantitative estimate of drug-likeness (QED) is 0.580. The number of rotatable bonds is 2. The van der Waals surface area contributed by atoms with Crippen LogP contribution in [0.4, 0.5) is 17.2 Å². The standard InChI is InChI=1S/C19H18N4O/c1-11-9-14-15(10-16(11)24-3)20-19-17(12(2)22-23-19)21-18(14)13-7-5-4-6-8-13/h4-10H,1-3H3,(H2,20,22,23). The number of aromatic amines is 1. The lowest BCUT2D eigenvalue weighted by atomic mass is 9.98. The molecule has 1 aliphatic heterocycles. The molecule has 5 nitrogen and oxygen atoms in total. The van der Waals surface area contributed by atoms with E-state index in [4.69, 9.17) is 9.73 Å². The second-order valence-electron chi connectivity index (χ2n) is 5.86. The van der Waals surface area contributed by atoms with Crippen molar-refractivity contribution in [3.8, 4) is 5.75 Å². The zero-order chi connectivity index (χ0) is 16.7. The van der Waals surface area contributed by atoms with Crippen molar-refractivity contribution in [3.05, 3.63) is 64.8 Å². The molecular formula is C19H18N4O. The number of aryl methyl sites for hydroxylation is 2. The maximum Gasteiger partial charge on any atom is 0.178 e. The molecule has 0 saturated carbocycles. The van der Waals surface area contributed by atoms with E-state index in [2.05, 4.69) is 33.7 Å². The third-order valence-electron chi connectivity index (χ3n) is 4.23. The Morgan fingerprint density at radius 1 is 1.04 bits per heavy atom. The first-order valence-electron chi connectivity index (χ1n) is 7.82. The first-order valence-corrected chi connectivity index (χ1v) is 7.82. The lowest BCUT2D eigenvalue weighted by Gasteiger charge is -2.14. The molecule has 0 amide bonds. The van der Waals surface area contributed by atoms with Crippen LogP contribution < -0.4 is 10.1 Å². The van der Waals surface area contributed by atoms with Crippen molar-refractivity contribution in [2.45, 2.75) is 13.8 Å². The fourth-order valence-corrected chi connectivity index (χ4v) is 2.97. The maximum absolute atomic E-state index is 5.48. The van der Waals surface area contributed by atoms with Crippen LogP contribution in [0.5, 0.6) is 5.75 Å². The number of hydrogen-bond donors (Lipinski definition) is 2. The SMILES string of the molecule is COc1cc2c(cc1C)C(c1ccccc1)=Nc1c(n[nH]c1C)N2. The van der Waals surface area contributed by atoms with Crippen molar-refractivity contribution >= 4 is 22.9 Å². The van der Waals surface area contributed by atoms with Crippen molar-refractivity contribution in [3.63, 3.8) is 0 Å². The van der Waals surface area contributed by atoms with Crippen LogP contribution in [0.1, 0.15) is 22.4 Å². The van der Waals surface area contributed by atoms with E-state index < -0.39 is 0 Å². The smallest absolute Gasteiger partial charge is 0.178 e. The van der Waals surface area contributed by atoms with Crippen LogP contribution in [-0.2, 0) is 0 Å². The lowest BCUT2D eigenvalue weighted by molar-refractivity contribution is 0.412. The highest BCUT2D eigenvalue weighted by Crippen LogP contribution is 2.38. The van der Waals surface area contributed by atoms with E-state index in [0.29, 0.717) is 0 Å². The number of nitrogens with zero attached hydrogens (tertiary/aromatic N) is 2. The van der Waals surface area contributed by atoms with Gasteiger partial charge >= 0.3 is 0 Å². The van der Waals surface area contributed by atoms with Gasteiger partial charge in [0.2, 0.25) is 0 Å². The Balaban J connectivity index is 2.01. The molecule has 3 aromatic rings. The van der Waals surface area contributed by atoms with Gasteiger partial charge in [-0.3, -0.25) is 5.10 Å². The molecule has 2 heterocycles. The van der Waals surface area contributed by atoms with Crippen LogP contribution in [0.3, 0.4) is 0 Å². The molecule has 0 unspecified atom stereocenters. The van der Waals surface area contributed by atoms with Gasteiger partial charge < -0.3 is 10.1 Å². The molecule has 0 atom stereocenters. The summed E-state index contributed by atoms with van der Waals surface area (Å²) >= 11 is 0. The van der Waals surface area contributed by atoms with E-state index in [1.165, 1.54) is 0 Å². The summed E-state index contributed by atoms with van der Waals surface area (Å²) in [6.45, 7) is 4.01. The van der Waals surface area contributed by atoms with Crippen LogP contribution in [0.15, 0.2) is 47.5 Å². The molecule has 0 spiro atoms. The molecule has 0 radical (unpaired) electrons. The number of hydrogen-bond acceptors (Lipinski definition) is 4. The molecule has 5 heteroatoms. The monoisotopic (exact) mass is 318 g/mol. The summed E-state index contributed by atoms with van der Waals surface area (Å²) in [5, 5.41) is 10.7. The number of benzene rings is 2. The van der Waals surface area contributed by atoms with Gasteiger partial charge in [-0.25, -0.2) is 4.99 Å². The predicted octanol–water partition coefficient (Wildman–Crippen LogP) is 4.26. The number of aromatic nitrogens is 2. The van der Waals surface area contributed by atoms with Crippen LogP contribution in [0.25, 0.3) is 0 Å². The van der Waals surface area contributed by atoms with Crippen LogP contribution in [0.2, 0.25) is 0 Å². The Kier molecular flexibility index (Phi) is 3.34. The number of aliphatic imine (C=N–C) groups is 1. The number of fused-ring (bicyclic) bond motifs is 2. The van der Waals surface area contributed by atoms with Crippen molar-refractivity contribution in [1.29, 1.82) is 0 Å². The van der Waals surface area contributed by atoms with Crippen molar-refractivity contribution in [1.82, 2.24) is 10.2 Å². The lowest BCUT2D eigenvalue weighted by Crippen LogP contribution is -2.06. The minimum absolute atomic E-state index is 0.727. The molecule has 0 fully saturated rings. The van der Waals surface area contributed by atoms with E-state index in [9.17, 15) is 0 Å². The highest BCUT2D eigenvalue weighted by Gasteiger charge is 2.22. The van der Waals surface area contributed by atoms with Crippen LogP contribution >= 0.6 is 0 Å². The van der Waals surface area contributed by atoms with Gasteiger partial charge in [-0.15, -0.1) is 0 Å². The zero-order valence-electron chi connectivity index (χ0n) is 13.8. The summed E-state index contributed by atoms with van der Waals surface area (Å²) in [5.41, 5.74) is 6.80. The second kappa shape index (κ2) is 5.53. The largest absolute Gasteiger partial charge is 0.496 e. The van der Waals surface area contributed by atoms with Crippen LogP contribution in [0, 0.1) is 13.8 Å². The summed E-state index contributed by atoms with van der Waals surface area (Å²) in [6, 6.07) is 14.3. The van der Waals surface area contributed by atoms with Gasteiger partial charge in [-0.05, 0) is 25.5 Å². The Morgan fingerprint density at radius 2 is 1.83 bits per heavy atom. The van der Waals surface area contributed by atoms with Crippen molar-refractivity contribution in [2.24, 2.45) is 4.99 Å². The summed E-state index contributed by atoms with van der Waals surface area (Å²) < 4.78 is 5.48. The number of ether oxygens (including phenoxy) is 1. The number of anilines is 2. The molecule has 0 saturated heterocycles. The first kappa shape index (κ1) is 14.5. The predicted molar refractivity (Wildman–Crippen MR) is 96.1 cm³/mol. The van der Waals surface area contributed by atoms with Crippen LogP contribution in [-0.4, -0.2) is 23.0 Å². The van der Waals surface area contributed by atoms with Gasteiger partial charge in [-0.2, -0.15) is 5.10 Å². The molecule has 120 valence electrons. The minimum Gasteiger partial charge on any atom is -0.496 e. The minimum atomic E-state index is 0.727. The third-order valence-corrected chi connectivity index (χ3v) is 4.23. The molecule has 0 aliphatic carbocycles. The zero-order valence-corrected chi connectivity index (χ0v) is 13.8. The van der Waals surface area contributed by atoms with Gasteiger partial charge in [0.15, 0.2) is 5.82 Å². The molecule has 24 heavy (non-hydrogen) atoms. The Labute approximate surface area is 140 Å². The normalized spacial score (nSPS) is 12.5. The number of H-pyrrole nitrogens is 1. The van der Waals surface area contributed by atoms with Crippen molar-refractivity contribution < 1.29 is 4.74 Å². The second-order valence-corrected chi connectivity index (χ2v) is 5.86. The van der Waals surface area contributed by atoms with Gasteiger partial charge in [-0.1, -0.05) is 30.3 Å². The Bertz CT molecular complexity index is 942. The Hall–Kier alpha value is -3.08. The van der Waals surface area contributed by atoms with E-state index in [0.717, 1.165) is 51.0 Å². The topological polar surface area (TPSA) is 62.3 Å².